The van der Waals surface area contributed by atoms with E-state index in [9.17, 15) is 4.79 Å². The fourth-order valence-electron chi connectivity index (χ4n) is 1.88. The van der Waals surface area contributed by atoms with Crippen LogP contribution in [0.2, 0.25) is 0 Å². The van der Waals surface area contributed by atoms with Crippen LogP contribution in [-0.4, -0.2) is 17.8 Å². The molecule has 0 spiro atoms. The Hall–Kier alpha value is -0.0500. The number of hydrogen-bond donors (Lipinski definition) is 1. The number of rotatable bonds is 4. The number of carbonyl (C=O) groups excluding carboxylic acids is 1. The van der Waals surface area contributed by atoms with Crippen LogP contribution in [0.5, 0.6) is 0 Å². The largest absolute Gasteiger partial charge is 0.355 e. The number of amides is 1. The Morgan fingerprint density at radius 1 is 1.33 bits per heavy atom. The van der Waals surface area contributed by atoms with Crippen molar-refractivity contribution in [2.45, 2.75) is 46.0 Å². The molecule has 3 heteroatoms. The molecule has 0 aliphatic heterocycles. The average molecular weight is 276 g/mol. The van der Waals surface area contributed by atoms with Crippen LogP contribution in [0, 0.1) is 11.3 Å². The molecular formula is C12H22BrNO. The van der Waals surface area contributed by atoms with Crippen LogP contribution in [-0.2, 0) is 4.79 Å². The lowest BCUT2D eigenvalue weighted by Gasteiger charge is -2.25. The molecule has 0 atom stereocenters. The fraction of sp³-hybridized carbons (Fsp3) is 0.917. The molecule has 1 saturated carbocycles. The number of nitrogens with one attached hydrogen (secondary N) is 1. The second-order valence-corrected chi connectivity index (χ2v) is 5.91. The highest BCUT2D eigenvalue weighted by atomic mass is 79.9. The topological polar surface area (TPSA) is 29.1 Å². The molecule has 0 heterocycles. The van der Waals surface area contributed by atoms with Gasteiger partial charge in [0.2, 0.25) is 5.91 Å². The van der Waals surface area contributed by atoms with Crippen molar-refractivity contribution in [3.05, 3.63) is 0 Å². The Morgan fingerprint density at radius 3 is 2.47 bits per heavy atom. The van der Waals surface area contributed by atoms with Crippen molar-refractivity contribution in [1.29, 1.82) is 0 Å². The van der Waals surface area contributed by atoms with Crippen LogP contribution in [0.1, 0.15) is 46.0 Å². The van der Waals surface area contributed by atoms with E-state index in [1.807, 2.05) is 0 Å². The Balaban J connectivity index is 2.28. The van der Waals surface area contributed by atoms with Crippen molar-refractivity contribution in [3.8, 4) is 0 Å². The first-order chi connectivity index (χ1) is 7.05. The minimum atomic E-state index is 0.157. The maximum Gasteiger partial charge on any atom is 0.223 e. The van der Waals surface area contributed by atoms with Gasteiger partial charge in [0.05, 0.1) is 0 Å². The monoisotopic (exact) mass is 275 g/mol. The van der Waals surface area contributed by atoms with Gasteiger partial charge in [-0.15, -0.1) is 0 Å². The summed E-state index contributed by atoms with van der Waals surface area (Å²) in [6.07, 6.45) is 5.91. The summed E-state index contributed by atoms with van der Waals surface area (Å²) in [5.41, 5.74) is 0.157. The molecule has 1 fully saturated rings. The molecule has 0 unspecified atom stereocenters. The zero-order valence-electron chi connectivity index (χ0n) is 9.81. The van der Waals surface area contributed by atoms with Crippen molar-refractivity contribution >= 4 is 21.8 Å². The minimum absolute atomic E-state index is 0.157. The quantitative estimate of drug-likeness (QED) is 0.785. The van der Waals surface area contributed by atoms with E-state index in [1.165, 1.54) is 19.3 Å². The highest BCUT2D eigenvalue weighted by molar-refractivity contribution is 9.09. The third-order valence-corrected chi connectivity index (χ3v) is 4.60. The van der Waals surface area contributed by atoms with Gasteiger partial charge in [0, 0.05) is 17.8 Å². The standard InChI is InChI=1S/C12H22BrNO/c1-12(2,8-13)9-14-11(15)10-6-4-3-5-7-10/h10H,3-9H2,1-2H3,(H,14,15). The number of hydrogen-bond acceptors (Lipinski definition) is 1. The zero-order chi connectivity index (χ0) is 11.3. The van der Waals surface area contributed by atoms with Crippen molar-refractivity contribution in [3.63, 3.8) is 0 Å². The van der Waals surface area contributed by atoms with Crippen LogP contribution >= 0.6 is 15.9 Å². The maximum absolute atomic E-state index is 11.8. The lowest BCUT2D eigenvalue weighted by molar-refractivity contribution is -0.126. The SMILES string of the molecule is CC(C)(CBr)CNC(=O)C1CCCCC1. The van der Waals surface area contributed by atoms with Gasteiger partial charge >= 0.3 is 0 Å². The predicted molar refractivity (Wildman–Crippen MR) is 67.2 cm³/mol. The summed E-state index contributed by atoms with van der Waals surface area (Å²) in [7, 11) is 0. The first-order valence-corrected chi connectivity index (χ1v) is 7.01. The summed E-state index contributed by atoms with van der Waals surface area (Å²) < 4.78 is 0. The van der Waals surface area contributed by atoms with E-state index in [0.29, 0.717) is 0 Å². The molecule has 0 saturated heterocycles. The van der Waals surface area contributed by atoms with Gasteiger partial charge < -0.3 is 5.32 Å². The summed E-state index contributed by atoms with van der Waals surface area (Å²) in [4.78, 5) is 11.8. The molecule has 1 N–H and O–H groups in total. The van der Waals surface area contributed by atoms with Gasteiger partial charge in [-0.1, -0.05) is 49.0 Å². The molecule has 1 amide bonds. The van der Waals surface area contributed by atoms with Gasteiger partial charge in [-0.3, -0.25) is 4.79 Å². The average Bonchev–Trinajstić information content (AvgIpc) is 2.27. The van der Waals surface area contributed by atoms with Crippen LogP contribution in [0.3, 0.4) is 0 Å². The third-order valence-electron chi connectivity index (χ3n) is 3.08. The second kappa shape index (κ2) is 5.88. The first-order valence-electron chi connectivity index (χ1n) is 5.89. The van der Waals surface area contributed by atoms with Crippen LogP contribution in [0.4, 0.5) is 0 Å². The van der Waals surface area contributed by atoms with Crippen molar-refractivity contribution < 1.29 is 4.79 Å². The first kappa shape index (κ1) is 13.0. The van der Waals surface area contributed by atoms with Gasteiger partial charge in [-0.05, 0) is 18.3 Å². The van der Waals surface area contributed by atoms with E-state index in [2.05, 4.69) is 35.1 Å². The molecule has 15 heavy (non-hydrogen) atoms. The normalized spacial score (nSPS) is 18.9. The molecule has 0 aromatic rings. The van der Waals surface area contributed by atoms with Crippen LogP contribution < -0.4 is 5.32 Å². The summed E-state index contributed by atoms with van der Waals surface area (Å²) in [6.45, 7) is 5.08. The smallest absolute Gasteiger partial charge is 0.223 e. The Morgan fingerprint density at radius 2 is 1.93 bits per heavy atom. The maximum atomic E-state index is 11.8. The molecule has 0 radical (unpaired) electrons. The Labute approximate surface area is 101 Å². The summed E-state index contributed by atoms with van der Waals surface area (Å²) in [6, 6.07) is 0. The van der Waals surface area contributed by atoms with Gasteiger partial charge in [0.25, 0.3) is 0 Å². The second-order valence-electron chi connectivity index (χ2n) is 5.35. The van der Waals surface area contributed by atoms with E-state index in [-0.39, 0.29) is 17.2 Å². The van der Waals surface area contributed by atoms with Gasteiger partial charge in [0.1, 0.15) is 0 Å². The Kier molecular flexibility index (Phi) is 5.10. The van der Waals surface area contributed by atoms with Gasteiger partial charge in [-0.25, -0.2) is 0 Å². The summed E-state index contributed by atoms with van der Waals surface area (Å²) in [5, 5.41) is 4.00. The number of carbonyl (C=O) groups is 1. The highest BCUT2D eigenvalue weighted by Gasteiger charge is 2.23. The molecule has 0 bridgehead atoms. The molecule has 88 valence electrons. The van der Waals surface area contributed by atoms with E-state index in [1.54, 1.807) is 0 Å². The molecular weight excluding hydrogens is 254 g/mol. The number of alkyl halides is 1. The molecule has 0 aromatic carbocycles. The Bertz CT molecular complexity index is 210. The predicted octanol–water partition coefficient (Wildman–Crippen LogP) is 3.10. The number of halogens is 1. The molecule has 1 aliphatic carbocycles. The van der Waals surface area contributed by atoms with E-state index < -0.39 is 0 Å². The van der Waals surface area contributed by atoms with Crippen LogP contribution in [0.15, 0.2) is 0 Å². The van der Waals surface area contributed by atoms with E-state index >= 15 is 0 Å². The third kappa shape index (κ3) is 4.54. The summed E-state index contributed by atoms with van der Waals surface area (Å²) in [5.74, 6) is 0.550. The van der Waals surface area contributed by atoms with Crippen LogP contribution in [0.25, 0.3) is 0 Å². The fourth-order valence-corrected chi connectivity index (χ4v) is 2.08. The zero-order valence-corrected chi connectivity index (χ0v) is 11.4. The van der Waals surface area contributed by atoms with Crippen molar-refractivity contribution in [2.75, 3.05) is 11.9 Å². The molecule has 1 rings (SSSR count). The lowest BCUT2D eigenvalue weighted by Crippen LogP contribution is -2.38. The highest BCUT2D eigenvalue weighted by Crippen LogP contribution is 2.24. The van der Waals surface area contributed by atoms with Gasteiger partial charge in [-0.2, -0.15) is 0 Å². The van der Waals surface area contributed by atoms with Crippen molar-refractivity contribution in [1.82, 2.24) is 5.32 Å². The summed E-state index contributed by atoms with van der Waals surface area (Å²) >= 11 is 3.47. The van der Waals surface area contributed by atoms with E-state index in [0.717, 1.165) is 24.7 Å². The molecule has 2 nitrogen and oxygen atoms in total. The minimum Gasteiger partial charge on any atom is -0.355 e. The van der Waals surface area contributed by atoms with Gasteiger partial charge in [0.15, 0.2) is 0 Å². The molecule has 1 aliphatic rings. The van der Waals surface area contributed by atoms with Crippen molar-refractivity contribution in [2.24, 2.45) is 11.3 Å². The molecule has 0 aromatic heterocycles. The lowest BCUT2D eigenvalue weighted by atomic mass is 9.88. The van der Waals surface area contributed by atoms with E-state index in [4.69, 9.17) is 0 Å².